The third-order valence-electron chi connectivity index (χ3n) is 4.96. The maximum Gasteiger partial charge on any atom is 0.203 e. The molecule has 7 nitrogen and oxygen atoms in total. The molecule has 126 valence electrons. The molecule has 1 aromatic carbocycles. The first-order valence-electron chi connectivity index (χ1n) is 8.63. The summed E-state index contributed by atoms with van der Waals surface area (Å²) in [5, 5.41) is 8.22. The van der Waals surface area contributed by atoms with E-state index < -0.39 is 0 Å². The van der Waals surface area contributed by atoms with Gasteiger partial charge in [0, 0.05) is 31.4 Å². The number of imidazole rings is 1. The van der Waals surface area contributed by atoms with Crippen LogP contribution in [-0.2, 0) is 0 Å². The minimum Gasteiger partial charge on any atom is -0.353 e. The number of aromatic amines is 1. The molecule has 1 aliphatic rings. The molecule has 0 saturated carbocycles. The first kappa shape index (κ1) is 14.4. The van der Waals surface area contributed by atoms with Gasteiger partial charge >= 0.3 is 0 Å². The van der Waals surface area contributed by atoms with Crippen LogP contribution >= 0.6 is 0 Å². The third kappa shape index (κ3) is 2.43. The number of anilines is 1. The van der Waals surface area contributed by atoms with Crippen molar-refractivity contribution in [1.29, 1.82) is 0 Å². The van der Waals surface area contributed by atoms with Gasteiger partial charge in [-0.25, -0.2) is 9.97 Å². The molecule has 0 amide bonds. The predicted molar refractivity (Wildman–Crippen MR) is 95.8 cm³/mol. The van der Waals surface area contributed by atoms with Gasteiger partial charge in [0.15, 0.2) is 5.82 Å². The molecule has 0 bridgehead atoms. The number of benzene rings is 1. The number of H-pyrrole nitrogens is 1. The van der Waals surface area contributed by atoms with Crippen molar-refractivity contribution < 1.29 is 0 Å². The van der Waals surface area contributed by atoms with E-state index in [4.69, 9.17) is 4.98 Å². The molecule has 0 aliphatic carbocycles. The summed E-state index contributed by atoms with van der Waals surface area (Å²) < 4.78 is 1.91. The fourth-order valence-electron chi connectivity index (χ4n) is 3.70. The van der Waals surface area contributed by atoms with E-state index in [1.807, 2.05) is 10.6 Å². The molecule has 0 radical (unpaired) electrons. The molecule has 7 heteroatoms. The number of aromatic nitrogens is 6. The number of hydrogen-bond donors (Lipinski definition) is 1. The predicted octanol–water partition coefficient (Wildman–Crippen LogP) is 2.69. The summed E-state index contributed by atoms with van der Waals surface area (Å²) in [7, 11) is 0. The number of fused-ring (bicyclic) bond motifs is 2. The zero-order valence-corrected chi connectivity index (χ0v) is 14.1. The van der Waals surface area contributed by atoms with Gasteiger partial charge in [0.25, 0.3) is 0 Å². The molecule has 3 aromatic heterocycles. The Labute approximate surface area is 144 Å². The Morgan fingerprint density at radius 3 is 3.20 bits per heavy atom. The summed E-state index contributed by atoms with van der Waals surface area (Å²) >= 11 is 0. The van der Waals surface area contributed by atoms with Gasteiger partial charge < -0.3 is 9.88 Å². The standard InChI is InChI=1S/C18H19N7/c1-12-4-5-14-15(9-12)22-16(21-14)13-3-2-7-24(10-13)17-18-23-20-11-25(18)8-6-19-17/h4-6,8-9,11,13H,2-3,7,10H2,1H3,(H,21,22)/t13-/m1/s1. The summed E-state index contributed by atoms with van der Waals surface area (Å²) in [6, 6.07) is 6.35. The van der Waals surface area contributed by atoms with Crippen molar-refractivity contribution in [3.05, 3.63) is 48.3 Å². The van der Waals surface area contributed by atoms with Gasteiger partial charge in [-0.1, -0.05) is 6.07 Å². The van der Waals surface area contributed by atoms with Crippen molar-refractivity contribution in [3.63, 3.8) is 0 Å². The van der Waals surface area contributed by atoms with E-state index in [1.54, 1.807) is 12.5 Å². The lowest BCUT2D eigenvalue weighted by atomic mass is 9.97. The maximum atomic E-state index is 4.82. The topological polar surface area (TPSA) is 75.0 Å². The quantitative estimate of drug-likeness (QED) is 0.610. The third-order valence-corrected chi connectivity index (χ3v) is 4.96. The molecule has 1 N–H and O–H groups in total. The van der Waals surface area contributed by atoms with Gasteiger partial charge in [-0.15, -0.1) is 10.2 Å². The summed E-state index contributed by atoms with van der Waals surface area (Å²) in [6.45, 7) is 3.97. The van der Waals surface area contributed by atoms with Crippen molar-refractivity contribution in [1.82, 2.24) is 29.5 Å². The second-order valence-electron chi connectivity index (χ2n) is 6.74. The molecule has 1 atom stereocenters. The Bertz CT molecular complexity index is 1050. The van der Waals surface area contributed by atoms with Crippen molar-refractivity contribution >= 4 is 22.5 Å². The lowest BCUT2D eigenvalue weighted by Crippen LogP contribution is -2.35. The first-order valence-corrected chi connectivity index (χ1v) is 8.63. The molecule has 4 heterocycles. The lowest BCUT2D eigenvalue weighted by molar-refractivity contribution is 0.493. The van der Waals surface area contributed by atoms with E-state index in [0.29, 0.717) is 5.92 Å². The van der Waals surface area contributed by atoms with Gasteiger partial charge in [0.1, 0.15) is 12.2 Å². The Morgan fingerprint density at radius 1 is 1.28 bits per heavy atom. The fraction of sp³-hybridized carbons (Fsp3) is 0.333. The molecule has 1 aliphatic heterocycles. The van der Waals surface area contributed by atoms with E-state index >= 15 is 0 Å². The van der Waals surface area contributed by atoms with Crippen LogP contribution in [0.25, 0.3) is 16.7 Å². The molecule has 5 rings (SSSR count). The Hall–Kier alpha value is -2.96. The van der Waals surface area contributed by atoms with E-state index in [2.05, 4.69) is 50.2 Å². The summed E-state index contributed by atoms with van der Waals surface area (Å²) in [5.41, 5.74) is 4.21. The number of nitrogens with zero attached hydrogens (tertiary/aromatic N) is 6. The number of nitrogens with one attached hydrogen (secondary N) is 1. The number of hydrogen-bond acceptors (Lipinski definition) is 5. The van der Waals surface area contributed by atoms with E-state index in [0.717, 1.165) is 54.3 Å². The minimum absolute atomic E-state index is 0.367. The fourth-order valence-corrected chi connectivity index (χ4v) is 3.70. The SMILES string of the molecule is Cc1ccc2nc([C@@H]3CCCN(c4nccn5cnnc45)C3)[nH]c2c1. The second kappa shape index (κ2) is 5.54. The highest BCUT2D eigenvalue weighted by atomic mass is 15.3. The lowest BCUT2D eigenvalue weighted by Gasteiger charge is -2.32. The molecular weight excluding hydrogens is 314 g/mol. The van der Waals surface area contributed by atoms with E-state index in [9.17, 15) is 0 Å². The number of aryl methyl sites for hydroxylation is 1. The normalized spacial score (nSPS) is 18.3. The Kier molecular flexibility index (Phi) is 3.19. The summed E-state index contributed by atoms with van der Waals surface area (Å²) in [5.74, 6) is 2.34. The smallest absolute Gasteiger partial charge is 0.203 e. The average molecular weight is 333 g/mol. The highest BCUT2D eigenvalue weighted by Gasteiger charge is 2.26. The van der Waals surface area contributed by atoms with Crippen LogP contribution in [-0.4, -0.2) is 42.6 Å². The largest absolute Gasteiger partial charge is 0.353 e. The molecule has 4 aromatic rings. The van der Waals surface area contributed by atoms with Crippen LogP contribution in [0.5, 0.6) is 0 Å². The molecule has 0 unspecified atom stereocenters. The molecule has 1 fully saturated rings. The maximum absolute atomic E-state index is 4.82. The van der Waals surface area contributed by atoms with Crippen LogP contribution in [0.3, 0.4) is 0 Å². The van der Waals surface area contributed by atoms with Crippen molar-refractivity contribution in [3.8, 4) is 0 Å². The zero-order chi connectivity index (χ0) is 16.8. The Morgan fingerprint density at radius 2 is 2.24 bits per heavy atom. The second-order valence-corrected chi connectivity index (χ2v) is 6.74. The van der Waals surface area contributed by atoms with Gasteiger partial charge in [-0.2, -0.15) is 0 Å². The first-order chi connectivity index (χ1) is 12.3. The molecular formula is C18H19N7. The van der Waals surface area contributed by atoms with E-state index in [1.165, 1.54) is 5.56 Å². The van der Waals surface area contributed by atoms with Crippen molar-refractivity contribution in [2.75, 3.05) is 18.0 Å². The summed E-state index contributed by atoms with van der Waals surface area (Å²) in [4.78, 5) is 15.2. The molecule has 25 heavy (non-hydrogen) atoms. The van der Waals surface area contributed by atoms with Crippen LogP contribution in [0, 0.1) is 6.92 Å². The van der Waals surface area contributed by atoms with Crippen molar-refractivity contribution in [2.45, 2.75) is 25.7 Å². The Balaban J connectivity index is 1.48. The van der Waals surface area contributed by atoms with Gasteiger partial charge in [0.2, 0.25) is 5.65 Å². The van der Waals surface area contributed by atoms with E-state index in [-0.39, 0.29) is 0 Å². The van der Waals surface area contributed by atoms with Gasteiger partial charge in [-0.05, 0) is 37.5 Å². The van der Waals surface area contributed by atoms with Crippen LogP contribution in [0.4, 0.5) is 5.82 Å². The number of rotatable bonds is 2. The van der Waals surface area contributed by atoms with Crippen LogP contribution in [0.15, 0.2) is 36.9 Å². The highest BCUT2D eigenvalue weighted by molar-refractivity contribution is 5.76. The van der Waals surface area contributed by atoms with Crippen LogP contribution in [0.1, 0.15) is 30.1 Å². The highest BCUT2D eigenvalue weighted by Crippen LogP contribution is 2.30. The molecule has 1 saturated heterocycles. The van der Waals surface area contributed by atoms with Gasteiger partial charge in [0.05, 0.1) is 11.0 Å². The zero-order valence-electron chi connectivity index (χ0n) is 14.1. The monoisotopic (exact) mass is 333 g/mol. The minimum atomic E-state index is 0.367. The summed E-state index contributed by atoms with van der Waals surface area (Å²) in [6.07, 6.45) is 7.63. The molecule has 0 spiro atoms. The van der Waals surface area contributed by atoms with Crippen molar-refractivity contribution in [2.24, 2.45) is 0 Å². The van der Waals surface area contributed by atoms with Gasteiger partial charge in [-0.3, -0.25) is 4.40 Å². The van der Waals surface area contributed by atoms with Crippen LogP contribution < -0.4 is 4.90 Å². The number of piperidine rings is 1. The van der Waals surface area contributed by atoms with Crippen LogP contribution in [0.2, 0.25) is 0 Å². The average Bonchev–Trinajstić information content (AvgIpc) is 3.27.